The highest BCUT2D eigenvalue weighted by Gasteiger charge is 2.29. The van der Waals surface area contributed by atoms with E-state index in [1.165, 1.54) is 41.6 Å². The highest BCUT2D eigenvalue weighted by atomic mass is 35.5. The first kappa shape index (κ1) is 24.5. The molecule has 35 heavy (non-hydrogen) atoms. The van der Waals surface area contributed by atoms with Gasteiger partial charge in [-0.2, -0.15) is 0 Å². The fraction of sp³-hybridized carbons (Fsp3) is 0.208. The van der Waals surface area contributed by atoms with Crippen molar-refractivity contribution >= 4 is 44.6 Å². The predicted octanol–water partition coefficient (Wildman–Crippen LogP) is 4.72. The minimum absolute atomic E-state index is 0.0169. The Labute approximate surface area is 207 Å². The van der Waals surface area contributed by atoms with E-state index in [0.29, 0.717) is 29.9 Å². The van der Waals surface area contributed by atoms with E-state index in [-0.39, 0.29) is 21.4 Å². The van der Waals surface area contributed by atoms with Crippen LogP contribution >= 0.6 is 11.6 Å². The number of aryl methyl sites for hydroxylation is 1. The number of halogens is 1. The predicted molar refractivity (Wildman–Crippen MR) is 133 cm³/mol. The van der Waals surface area contributed by atoms with Gasteiger partial charge in [-0.25, -0.2) is 8.42 Å². The van der Waals surface area contributed by atoms with Crippen molar-refractivity contribution < 1.29 is 22.9 Å². The van der Waals surface area contributed by atoms with Gasteiger partial charge in [0.15, 0.2) is 6.61 Å². The van der Waals surface area contributed by atoms with Crippen molar-refractivity contribution in [2.24, 2.45) is 0 Å². The fourth-order valence-electron chi connectivity index (χ4n) is 3.92. The van der Waals surface area contributed by atoms with Gasteiger partial charge < -0.3 is 10.1 Å². The highest BCUT2D eigenvalue weighted by Crippen LogP contribution is 2.34. The Hall–Kier alpha value is -3.63. The minimum Gasteiger partial charge on any atom is -0.482 e. The van der Waals surface area contributed by atoms with E-state index in [9.17, 15) is 23.3 Å². The molecule has 11 heteroatoms. The van der Waals surface area contributed by atoms with Crippen LogP contribution in [0.3, 0.4) is 0 Å². The lowest BCUT2D eigenvalue weighted by atomic mass is 10.0. The van der Waals surface area contributed by atoms with Gasteiger partial charge in [0.25, 0.3) is 21.6 Å². The number of benzene rings is 3. The molecule has 1 aliphatic rings. The lowest BCUT2D eigenvalue weighted by molar-refractivity contribution is -0.385. The molecule has 4 rings (SSSR count). The third kappa shape index (κ3) is 5.08. The molecule has 0 unspecified atom stereocenters. The molecule has 1 amide bonds. The first-order valence-corrected chi connectivity index (χ1v) is 12.6. The lowest BCUT2D eigenvalue weighted by Gasteiger charge is -2.30. The summed E-state index contributed by atoms with van der Waals surface area (Å²) in [4.78, 5) is 22.9. The Balaban J connectivity index is 1.46. The Morgan fingerprint density at radius 2 is 1.94 bits per heavy atom. The molecule has 1 aliphatic heterocycles. The number of carbonyl (C=O) groups is 1. The second-order valence-corrected chi connectivity index (χ2v) is 10.2. The first-order valence-electron chi connectivity index (χ1n) is 10.8. The van der Waals surface area contributed by atoms with Crippen LogP contribution in [-0.2, 0) is 21.2 Å². The molecule has 3 aromatic rings. The number of sulfonamides is 1. The van der Waals surface area contributed by atoms with E-state index in [1.807, 2.05) is 12.1 Å². The summed E-state index contributed by atoms with van der Waals surface area (Å²) >= 11 is 6.28. The number of nitro groups is 1. The summed E-state index contributed by atoms with van der Waals surface area (Å²) in [6.07, 6.45) is 1.53. The Morgan fingerprint density at radius 1 is 1.17 bits per heavy atom. The number of para-hydroxylation sites is 1. The number of fused-ring (bicyclic) bond motifs is 1. The number of ether oxygens (including phenoxy) is 1. The van der Waals surface area contributed by atoms with Gasteiger partial charge >= 0.3 is 0 Å². The molecule has 0 atom stereocenters. The van der Waals surface area contributed by atoms with E-state index in [1.54, 1.807) is 18.2 Å². The van der Waals surface area contributed by atoms with Crippen molar-refractivity contribution in [2.75, 3.05) is 22.8 Å². The summed E-state index contributed by atoms with van der Waals surface area (Å²) in [6.45, 7) is 1.48. The third-order valence-corrected chi connectivity index (χ3v) is 7.80. The SMILES string of the molecule is Cc1c(NC(=O)COc2ccc(S(=O)(=O)N3CCCc4ccccc43)cc2Cl)cccc1[N+](=O)[O-]. The van der Waals surface area contributed by atoms with Crippen molar-refractivity contribution in [3.05, 3.63) is 86.9 Å². The maximum Gasteiger partial charge on any atom is 0.274 e. The maximum absolute atomic E-state index is 13.3. The molecule has 0 radical (unpaired) electrons. The maximum atomic E-state index is 13.3. The molecule has 0 saturated heterocycles. The van der Waals surface area contributed by atoms with Gasteiger partial charge in [0.2, 0.25) is 0 Å². The molecule has 0 saturated carbocycles. The molecule has 0 aromatic heterocycles. The van der Waals surface area contributed by atoms with E-state index in [2.05, 4.69) is 5.32 Å². The van der Waals surface area contributed by atoms with Crippen LogP contribution in [0.15, 0.2) is 65.6 Å². The monoisotopic (exact) mass is 515 g/mol. The Kier molecular flexibility index (Phi) is 6.95. The molecule has 0 bridgehead atoms. The quantitative estimate of drug-likeness (QED) is 0.359. The lowest BCUT2D eigenvalue weighted by Crippen LogP contribution is -2.35. The second kappa shape index (κ2) is 9.93. The van der Waals surface area contributed by atoms with Crippen LogP contribution < -0.4 is 14.4 Å². The highest BCUT2D eigenvalue weighted by molar-refractivity contribution is 7.92. The van der Waals surface area contributed by atoms with Crippen molar-refractivity contribution in [3.63, 3.8) is 0 Å². The number of rotatable bonds is 7. The van der Waals surface area contributed by atoms with Crippen LogP contribution in [0.5, 0.6) is 5.75 Å². The van der Waals surface area contributed by atoms with E-state index in [4.69, 9.17) is 16.3 Å². The molecule has 9 nitrogen and oxygen atoms in total. The van der Waals surface area contributed by atoms with Gasteiger partial charge in [-0.3, -0.25) is 19.2 Å². The molecule has 0 fully saturated rings. The van der Waals surface area contributed by atoms with Gasteiger partial charge in [-0.15, -0.1) is 0 Å². The Morgan fingerprint density at radius 3 is 2.69 bits per heavy atom. The summed E-state index contributed by atoms with van der Waals surface area (Å²) in [5.41, 5.74) is 2.13. The number of anilines is 2. The van der Waals surface area contributed by atoms with Crippen LogP contribution in [-0.4, -0.2) is 32.4 Å². The summed E-state index contributed by atoms with van der Waals surface area (Å²) in [6, 6.07) is 15.8. The summed E-state index contributed by atoms with van der Waals surface area (Å²) in [5.74, 6) is -0.415. The number of hydrogen-bond donors (Lipinski definition) is 1. The minimum atomic E-state index is -3.84. The van der Waals surface area contributed by atoms with Crippen LogP contribution in [0.1, 0.15) is 17.5 Å². The Bertz CT molecular complexity index is 1410. The molecule has 182 valence electrons. The molecular formula is C24H22ClN3O6S. The van der Waals surface area contributed by atoms with E-state index in [0.717, 1.165) is 12.0 Å². The van der Waals surface area contributed by atoms with E-state index >= 15 is 0 Å². The smallest absolute Gasteiger partial charge is 0.274 e. The summed E-state index contributed by atoms with van der Waals surface area (Å²) < 4.78 is 33.5. The zero-order chi connectivity index (χ0) is 25.2. The number of nitrogens with zero attached hydrogens (tertiary/aromatic N) is 2. The summed E-state index contributed by atoms with van der Waals surface area (Å²) in [7, 11) is -3.84. The second-order valence-electron chi connectivity index (χ2n) is 7.95. The van der Waals surface area contributed by atoms with Gasteiger partial charge in [-0.1, -0.05) is 35.9 Å². The average Bonchev–Trinajstić information content (AvgIpc) is 2.84. The molecule has 1 N–H and O–H groups in total. The molecular weight excluding hydrogens is 494 g/mol. The zero-order valence-corrected chi connectivity index (χ0v) is 20.3. The molecule has 1 heterocycles. The van der Waals surface area contributed by atoms with Crippen LogP contribution in [0, 0.1) is 17.0 Å². The normalized spacial score (nSPS) is 13.1. The van der Waals surface area contributed by atoms with Gasteiger partial charge in [0, 0.05) is 12.6 Å². The number of hydrogen-bond acceptors (Lipinski definition) is 6. The van der Waals surface area contributed by atoms with Gasteiger partial charge in [0.1, 0.15) is 5.75 Å². The van der Waals surface area contributed by atoms with E-state index < -0.39 is 27.5 Å². The van der Waals surface area contributed by atoms with Crippen molar-refractivity contribution in [1.82, 2.24) is 0 Å². The van der Waals surface area contributed by atoms with Crippen molar-refractivity contribution in [2.45, 2.75) is 24.7 Å². The largest absolute Gasteiger partial charge is 0.482 e. The number of nitrogens with one attached hydrogen (secondary N) is 1. The third-order valence-electron chi connectivity index (χ3n) is 5.69. The van der Waals surface area contributed by atoms with Crippen molar-refractivity contribution in [3.8, 4) is 5.75 Å². The van der Waals surface area contributed by atoms with Crippen molar-refractivity contribution in [1.29, 1.82) is 0 Å². The average molecular weight is 516 g/mol. The van der Waals surface area contributed by atoms with Crippen LogP contribution in [0.25, 0.3) is 0 Å². The molecule has 0 spiro atoms. The fourth-order valence-corrected chi connectivity index (χ4v) is 5.79. The number of amides is 1. The number of nitro benzene ring substituents is 1. The molecule has 0 aliphatic carbocycles. The van der Waals surface area contributed by atoms with Crippen LogP contribution in [0.4, 0.5) is 17.1 Å². The number of carbonyl (C=O) groups excluding carboxylic acids is 1. The topological polar surface area (TPSA) is 119 Å². The first-order chi connectivity index (χ1) is 16.7. The summed E-state index contributed by atoms with van der Waals surface area (Å²) in [5, 5.41) is 13.7. The van der Waals surface area contributed by atoms with Crippen LogP contribution in [0.2, 0.25) is 5.02 Å². The van der Waals surface area contributed by atoms with Gasteiger partial charge in [0.05, 0.1) is 31.8 Å². The molecule has 3 aromatic carbocycles. The standard InChI is InChI=1S/C24H22ClN3O6S/c1-16-20(8-4-10-21(16)28(30)31)26-24(29)15-34-23-12-11-18(14-19(23)25)35(32,33)27-13-5-7-17-6-2-3-9-22(17)27/h2-4,6,8-12,14H,5,7,13,15H2,1H3,(H,26,29). The zero-order valence-electron chi connectivity index (χ0n) is 18.7. The van der Waals surface area contributed by atoms with Gasteiger partial charge in [-0.05, 0) is 55.7 Å².